The van der Waals surface area contributed by atoms with E-state index >= 15 is 0 Å². The molecule has 0 aromatic heterocycles. The summed E-state index contributed by atoms with van der Waals surface area (Å²) in [6.45, 7) is 0.257. The van der Waals surface area contributed by atoms with Crippen molar-refractivity contribution >= 4 is 5.84 Å². The van der Waals surface area contributed by atoms with Crippen LogP contribution in [0.2, 0.25) is 0 Å². The molecular weight excluding hydrogens is 220 g/mol. The van der Waals surface area contributed by atoms with Crippen molar-refractivity contribution in [2.24, 2.45) is 10.9 Å². The minimum atomic E-state index is -0.519. The molecule has 0 fully saturated rings. The van der Waals surface area contributed by atoms with Crippen LogP contribution in [0.4, 0.5) is 0 Å². The van der Waals surface area contributed by atoms with Crippen LogP contribution in [0.5, 0.6) is 11.5 Å². The van der Waals surface area contributed by atoms with Gasteiger partial charge < -0.3 is 32.8 Å². The molecule has 1 aliphatic rings. The number of benzene rings is 1. The zero-order valence-electron chi connectivity index (χ0n) is 7.76. The van der Waals surface area contributed by atoms with E-state index in [4.69, 9.17) is 20.4 Å². The number of para-hydroxylation sites is 2. The molecule has 0 saturated carbocycles. The Bertz CT molecular complexity index is 370. The number of nitrogens with zero attached hydrogens (tertiary/aromatic N) is 1. The van der Waals surface area contributed by atoms with E-state index in [1.807, 2.05) is 12.1 Å². The molecule has 0 spiro atoms. The fraction of sp³-hybridized carbons (Fsp3) is 0.222. The van der Waals surface area contributed by atoms with Gasteiger partial charge in [0, 0.05) is 0 Å². The summed E-state index contributed by atoms with van der Waals surface area (Å²) in [5.41, 5.74) is 5.40. The van der Waals surface area contributed by atoms with E-state index in [1.165, 1.54) is 0 Å². The largest absolute Gasteiger partial charge is 1.00 e. The van der Waals surface area contributed by atoms with Crippen LogP contribution in [0.3, 0.4) is 0 Å². The Morgan fingerprint density at radius 1 is 1.40 bits per heavy atom. The Morgan fingerprint density at radius 2 is 2.07 bits per heavy atom. The Hall–Kier alpha value is -1.62. The lowest BCUT2D eigenvalue weighted by Crippen LogP contribution is -3.00. The number of ether oxygens (including phenoxy) is 2. The maximum absolute atomic E-state index is 8.46. The van der Waals surface area contributed by atoms with Crippen molar-refractivity contribution in [3.05, 3.63) is 24.3 Å². The molecule has 5 nitrogen and oxygen atoms in total. The fourth-order valence-corrected chi connectivity index (χ4v) is 1.23. The van der Waals surface area contributed by atoms with Gasteiger partial charge in [-0.3, -0.25) is 0 Å². The van der Waals surface area contributed by atoms with Gasteiger partial charge in [0.15, 0.2) is 23.4 Å². The van der Waals surface area contributed by atoms with E-state index < -0.39 is 6.10 Å². The summed E-state index contributed by atoms with van der Waals surface area (Å²) in [5.74, 6) is 1.30. The van der Waals surface area contributed by atoms with Crippen LogP contribution in [-0.2, 0) is 0 Å². The SMILES string of the molecule is NC(=NO)C1COc2ccccc2O1.[Cl-]. The topological polar surface area (TPSA) is 77.1 Å². The van der Waals surface area contributed by atoms with Crippen molar-refractivity contribution in [2.75, 3.05) is 6.61 Å². The maximum Gasteiger partial charge on any atom is 0.193 e. The second kappa shape index (κ2) is 4.75. The van der Waals surface area contributed by atoms with Gasteiger partial charge >= 0.3 is 0 Å². The lowest BCUT2D eigenvalue weighted by molar-refractivity contribution is -0.00000440. The minimum Gasteiger partial charge on any atom is -1.00 e. The molecule has 82 valence electrons. The predicted molar refractivity (Wildman–Crippen MR) is 49.8 cm³/mol. The number of fused-ring (bicyclic) bond motifs is 1. The van der Waals surface area contributed by atoms with Gasteiger partial charge in [-0.05, 0) is 12.1 Å². The zero-order chi connectivity index (χ0) is 9.97. The number of halogens is 1. The van der Waals surface area contributed by atoms with Gasteiger partial charge in [0.2, 0.25) is 0 Å². The number of amidine groups is 1. The third-order valence-corrected chi connectivity index (χ3v) is 1.95. The molecule has 1 unspecified atom stereocenters. The summed E-state index contributed by atoms with van der Waals surface area (Å²) in [6.07, 6.45) is -0.519. The molecule has 3 N–H and O–H groups in total. The maximum atomic E-state index is 8.46. The molecule has 6 heteroatoms. The van der Waals surface area contributed by atoms with E-state index in [0.29, 0.717) is 11.5 Å². The average molecular weight is 230 g/mol. The Kier molecular flexibility index (Phi) is 3.62. The van der Waals surface area contributed by atoms with Gasteiger partial charge in [-0.15, -0.1) is 0 Å². The minimum absolute atomic E-state index is 0. The van der Waals surface area contributed by atoms with Crippen molar-refractivity contribution in [3.8, 4) is 11.5 Å². The first-order valence-corrected chi connectivity index (χ1v) is 4.17. The summed E-state index contributed by atoms with van der Waals surface area (Å²) in [5, 5.41) is 11.3. The Balaban J connectivity index is 0.00000112. The highest BCUT2D eigenvalue weighted by molar-refractivity contribution is 5.85. The van der Waals surface area contributed by atoms with Crippen LogP contribution in [-0.4, -0.2) is 23.8 Å². The summed E-state index contributed by atoms with van der Waals surface area (Å²) in [4.78, 5) is 0. The molecule has 15 heavy (non-hydrogen) atoms. The Morgan fingerprint density at radius 3 is 2.73 bits per heavy atom. The molecule has 1 aliphatic heterocycles. The quantitative estimate of drug-likeness (QED) is 0.243. The van der Waals surface area contributed by atoms with Crippen molar-refractivity contribution in [3.63, 3.8) is 0 Å². The molecule has 0 saturated heterocycles. The molecule has 1 aromatic carbocycles. The highest BCUT2D eigenvalue weighted by Gasteiger charge is 2.23. The van der Waals surface area contributed by atoms with Gasteiger partial charge in [-0.2, -0.15) is 0 Å². The van der Waals surface area contributed by atoms with Gasteiger partial charge in [0.25, 0.3) is 0 Å². The standard InChI is InChI=1S/C9H10N2O3.ClH/c10-9(11-12)8-5-13-6-3-1-2-4-7(6)14-8;/h1-4,8,12H,5H2,(H2,10,11);1H/p-1. The first-order valence-electron chi connectivity index (χ1n) is 4.17. The third-order valence-electron chi connectivity index (χ3n) is 1.95. The molecule has 0 radical (unpaired) electrons. The number of hydrogen-bond donors (Lipinski definition) is 2. The van der Waals surface area contributed by atoms with Gasteiger partial charge in [-0.25, -0.2) is 0 Å². The van der Waals surface area contributed by atoms with Crippen molar-refractivity contribution in [2.45, 2.75) is 6.10 Å². The normalized spacial score (nSPS) is 19.2. The Labute approximate surface area is 92.9 Å². The summed E-state index contributed by atoms with van der Waals surface area (Å²) < 4.78 is 10.8. The highest BCUT2D eigenvalue weighted by Crippen LogP contribution is 2.30. The first kappa shape index (κ1) is 11.5. The molecular formula is C9H10ClN2O3-. The fourth-order valence-electron chi connectivity index (χ4n) is 1.23. The number of rotatable bonds is 1. The van der Waals surface area contributed by atoms with Gasteiger partial charge in [0.1, 0.15) is 6.61 Å². The molecule has 0 aliphatic carbocycles. The van der Waals surface area contributed by atoms with E-state index in [9.17, 15) is 0 Å². The molecule has 0 bridgehead atoms. The number of nitrogens with two attached hydrogens (primary N) is 1. The average Bonchev–Trinajstić information content (AvgIpc) is 2.27. The lowest BCUT2D eigenvalue weighted by atomic mass is 10.2. The second-order valence-corrected chi connectivity index (χ2v) is 2.89. The molecule has 2 rings (SSSR count). The number of oxime groups is 1. The smallest absolute Gasteiger partial charge is 0.193 e. The van der Waals surface area contributed by atoms with E-state index in [2.05, 4.69) is 5.16 Å². The molecule has 1 atom stereocenters. The van der Waals surface area contributed by atoms with Crippen LogP contribution < -0.4 is 27.6 Å². The first-order chi connectivity index (χ1) is 6.81. The van der Waals surface area contributed by atoms with E-state index in [1.54, 1.807) is 12.1 Å². The van der Waals surface area contributed by atoms with E-state index in [-0.39, 0.29) is 24.8 Å². The molecule has 1 aromatic rings. The van der Waals surface area contributed by atoms with Crippen molar-refractivity contribution in [1.82, 2.24) is 0 Å². The van der Waals surface area contributed by atoms with Crippen molar-refractivity contribution in [1.29, 1.82) is 0 Å². The molecule has 0 amide bonds. The van der Waals surface area contributed by atoms with Crippen LogP contribution in [0.1, 0.15) is 0 Å². The van der Waals surface area contributed by atoms with Crippen molar-refractivity contribution < 1.29 is 27.1 Å². The lowest BCUT2D eigenvalue weighted by Gasteiger charge is -2.25. The summed E-state index contributed by atoms with van der Waals surface area (Å²) in [7, 11) is 0. The third kappa shape index (κ3) is 2.24. The highest BCUT2D eigenvalue weighted by atomic mass is 35.5. The molecule has 1 heterocycles. The van der Waals surface area contributed by atoms with E-state index in [0.717, 1.165) is 0 Å². The number of hydrogen-bond acceptors (Lipinski definition) is 4. The summed E-state index contributed by atoms with van der Waals surface area (Å²) in [6, 6.07) is 7.26. The second-order valence-electron chi connectivity index (χ2n) is 2.89. The van der Waals surface area contributed by atoms with Crippen LogP contribution in [0.25, 0.3) is 0 Å². The zero-order valence-corrected chi connectivity index (χ0v) is 8.52. The van der Waals surface area contributed by atoms with Gasteiger partial charge in [-0.1, -0.05) is 17.3 Å². The monoisotopic (exact) mass is 229 g/mol. The van der Waals surface area contributed by atoms with Crippen LogP contribution in [0, 0.1) is 0 Å². The van der Waals surface area contributed by atoms with Crippen LogP contribution in [0.15, 0.2) is 29.4 Å². The van der Waals surface area contributed by atoms with Gasteiger partial charge in [0.05, 0.1) is 0 Å². The summed E-state index contributed by atoms with van der Waals surface area (Å²) >= 11 is 0. The predicted octanol–water partition coefficient (Wildman–Crippen LogP) is -2.42. The van der Waals surface area contributed by atoms with Crippen LogP contribution >= 0.6 is 0 Å².